The van der Waals surface area contributed by atoms with Gasteiger partial charge in [-0.05, 0) is 90.0 Å². The van der Waals surface area contributed by atoms with E-state index in [2.05, 4.69) is 155 Å². The maximum atomic E-state index is 9.41. The number of benzene rings is 8. The highest BCUT2D eigenvalue weighted by atomic mass is 15.0. The summed E-state index contributed by atoms with van der Waals surface area (Å²) < 4.78 is 4.70. The molecule has 0 N–H and O–H groups in total. The summed E-state index contributed by atoms with van der Waals surface area (Å²) in [5.41, 5.74) is 12.2. The lowest BCUT2D eigenvalue weighted by molar-refractivity contribution is 1.07. The van der Waals surface area contributed by atoms with Crippen molar-refractivity contribution in [1.29, 1.82) is 5.26 Å². The Labute approximate surface area is 334 Å². The first-order valence-corrected chi connectivity index (χ1v) is 19.3. The maximum absolute atomic E-state index is 9.41. The normalized spacial score (nSPS) is 11.4. The van der Waals surface area contributed by atoms with Crippen LogP contribution in [0.5, 0.6) is 0 Å². The summed E-state index contributed by atoms with van der Waals surface area (Å²) >= 11 is 0. The Balaban J connectivity index is 1.07. The second kappa shape index (κ2) is 13.6. The Bertz CT molecular complexity index is 3390. The van der Waals surface area contributed by atoms with Crippen molar-refractivity contribution in [1.82, 2.24) is 24.1 Å². The topological polar surface area (TPSA) is 72.3 Å². The van der Waals surface area contributed by atoms with Crippen LogP contribution in [-0.4, -0.2) is 24.1 Å². The molecule has 0 aliphatic rings. The summed E-state index contributed by atoms with van der Waals surface area (Å²) in [7, 11) is 0. The van der Waals surface area contributed by atoms with Crippen LogP contribution in [0.3, 0.4) is 0 Å². The van der Waals surface area contributed by atoms with Gasteiger partial charge < -0.3 is 9.13 Å². The van der Waals surface area contributed by atoms with Gasteiger partial charge in [-0.2, -0.15) is 5.26 Å². The summed E-state index contributed by atoms with van der Waals surface area (Å²) in [4.78, 5) is 14.9. The van der Waals surface area contributed by atoms with Crippen molar-refractivity contribution in [2.24, 2.45) is 0 Å². The number of aromatic nitrogens is 5. The highest BCUT2D eigenvalue weighted by Crippen LogP contribution is 2.38. The Morgan fingerprint density at radius 2 is 0.810 bits per heavy atom. The Morgan fingerprint density at radius 3 is 1.52 bits per heavy atom. The van der Waals surface area contributed by atoms with Crippen LogP contribution in [0.2, 0.25) is 0 Å². The van der Waals surface area contributed by atoms with E-state index in [4.69, 9.17) is 15.0 Å². The van der Waals surface area contributed by atoms with Crippen LogP contribution in [0.1, 0.15) is 5.56 Å². The van der Waals surface area contributed by atoms with Gasteiger partial charge in [-0.1, -0.05) is 115 Å². The van der Waals surface area contributed by atoms with Crippen LogP contribution in [0.15, 0.2) is 194 Å². The van der Waals surface area contributed by atoms with E-state index < -0.39 is 0 Å². The van der Waals surface area contributed by atoms with E-state index in [1.165, 1.54) is 32.6 Å². The molecule has 0 saturated carbocycles. The minimum Gasteiger partial charge on any atom is -0.309 e. The minimum absolute atomic E-state index is 0.545. The molecule has 3 heterocycles. The molecule has 3 aromatic heterocycles. The fourth-order valence-electron chi connectivity index (χ4n) is 8.26. The highest BCUT2D eigenvalue weighted by molar-refractivity contribution is 6.12. The first kappa shape index (κ1) is 33.2. The van der Waals surface area contributed by atoms with Crippen molar-refractivity contribution < 1.29 is 0 Å². The Hall–Kier alpha value is -8.14. The fraction of sp³-hybridized carbons (Fsp3) is 0. The van der Waals surface area contributed by atoms with Gasteiger partial charge in [0.15, 0.2) is 17.5 Å². The number of fused-ring (bicyclic) bond motifs is 6. The summed E-state index contributed by atoms with van der Waals surface area (Å²) in [6.07, 6.45) is 0. The SMILES string of the molecule is N#Cc1ccc(-c2nc(-c3ccccc3)nc(-c3cccc(-n4c5ccccc5c5ccc(-c6ccc7c(c6)c6ccccc6n7-c6ccccc6)cc54)c3)n2)cc1. The van der Waals surface area contributed by atoms with Gasteiger partial charge in [0.25, 0.3) is 0 Å². The standard InChI is InChI=1S/C52H32N6/c53-33-34-22-24-36(25-23-34)51-54-50(35-12-3-1-4-13-35)55-52(56-51)39-14-11-17-41(30-39)58-46-20-9-7-18-42(46)44-28-26-38(32-49(44)58)37-27-29-48-45(31-37)43-19-8-10-21-47(43)57(48)40-15-5-2-6-16-40/h1-32H. The Kier molecular flexibility index (Phi) is 7.76. The van der Waals surface area contributed by atoms with Crippen molar-refractivity contribution in [3.05, 3.63) is 200 Å². The minimum atomic E-state index is 0.545. The summed E-state index contributed by atoms with van der Waals surface area (Å²) in [5, 5.41) is 14.2. The van der Waals surface area contributed by atoms with E-state index in [1.807, 2.05) is 42.5 Å². The van der Waals surface area contributed by atoms with Crippen LogP contribution < -0.4 is 0 Å². The molecule has 0 aliphatic carbocycles. The van der Waals surface area contributed by atoms with E-state index in [1.54, 1.807) is 12.1 Å². The molecule has 0 atom stereocenters. The van der Waals surface area contributed by atoms with Gasteiger partial charge in [-0.25, -0.2) is 15.0 Å². The molecule has 8 aromatic carbocycles. The van der Waals surface area contributed by atoms with Crippen molar-refractivity contribution in [2.45, 2.75) is 0 Å². The van der Waals surface area contributed by atoms with Gasteiger partial charge in [0.1, 0.15) is 0 Å². The Morgan fingerprint density at radius 1 is 0.328 bits per heavy atom. The molecular formula is C52H32N6. The third kappa shape index (κ3) is 5.53. The highest BCUT2D eigenvalue weighted by Gasteiger charge is 2.18. The molecule has 0 bridgehead atoms. The van der Waals surface area contributed by atoms with E-state index >= 15 is 0 Å². The molecule has 0 spiro atoms. The first-order valence-electron chi connectivity index (χ1n) is 19.3. The molecule has 11 aromatic rings. The maximum Gasteiger partial charge on any atom is 0.164 e. The van der Waals surface area contributed by atoms with Crippen LogP contribution >= 0.6 is 0 Å². The lowest BCUT2D eigenvalue weighted by atomic mass is 10.0. The smallest absolute Gasteiger partial charge is 0.164 e. The molecule has 0 saturated heterocycles. The second-order valence-electron chi connectivity index (χ2n) is 14.4. The summed E-state index contributed by atoms with van der Waals surface area (Å²) in [6, 6.07) is 69.4. The largest absolute Gasteiger partial charge is 0.309 e. The van der Waals surface area contributed by atoms with Gasteiger partial charge >= 0.3 is 0 Å². The fourth-order valence-corrected chi connectivity index (χ4v) is 8.26. The average Bonchev–Trinajstić information content (AvgIpc) is 3.82. The zero-order valence-corrected chi connectivity index (χ0v) is 31.2. The molecular weight excluding hydrogens is 709 g/mol. The molecule has 11 rings (SSSR count). The molecule has 0 unspecified atom stereocenters. The van der Waals surface area contributed by atoms with E-state index in [0.717, 1.165) is 50.2 Å². The van der Waals surface area contributed by atoms with Gasteiger partial charge in [0.2, 0.25) is 0 Å². The molecule has 0 amide bonds. The number of nitriles is 1. The molecule has 270 valence electrons. The van der Waals surface area contributed by atoms with Crippen molar-refractivity contribution in [3.8, 4) is 62.7 Å². The number of hydrogen-bond donors (Lipinski definition) is 0. The molecule has 6 nitrogen and oxygen atoms in total. The van der Waals surface area contributed by atoms with E-state index in [0.29, 0.717) is 23.0 Å². The second-order valence-corrected chi connectivity index (χ2v) is 14.4. The summed E-state index contributed by atoms with van der Waals surface area (Å²) in [6.45, 7) is 0. The zero-order valence-electron chi connectivity index (χ0n) is 31.2. The van der Waals surface area contributed by atoms with Crippen LogP contribution in [-0.2, 0) is 0 Å². The number of rotatable bonds is 6. The molecule has 0 fully saturated rings. The van der Waals surface area contributed by atoms with Gasteiger partial charge in [0, 0.05) is 49.6 Å². The number of hydrogen-bond acceptors (Lipinski definition) is 4. The molecule has 58 heavy (non-hydrogen) atoms. The molecule has 0 aliphatic heterocycles. The van der Waals surface area contributed by atoms with E-state index in [-0.39, 0.29) is 0 Å². The van der Waals surface area contributed by atoms with Crippen LogP contribution in [0, 0.1) is 11.3 Å². The molecule has 0 radical (unpaired) electrons. The molecule has 6 heteroatoms. The van der Waals surface area contributed by atoms with Crippen LogP contribution in [0.4, 0.5) is 0 Å². The number of para-hydroxylation sites is 3. The quantitative estimate of drug-likeness (QED) is 0.170. The third-order valence-electron chi connectivity index (χ3n) is 11.0. The predicted octanol–water partition coefficient (Wildman–Crippen LogP) is 12.6. The van der Waals surface area contributed by atoms with Crippen molar-refractivity contribution in [2.75, 3.05) is 0 Å². The van der Waals surface area contributed by atoms with Gasteiger partial charge in [0.05, 0.1) is 33.7 Å². The predicted molar refractivity (Wildman–Crippen MR) is 235 cm³/mol. The van der Waals surface area contributed by atoms with Crippen molar-refractivity contribution >= 4 is 43.6 Å². The van der Waals surface area contributed by atoms with Gasteiger partial charge in [-0.15, -0.1) is 0 Å². The summed E-state index contributed by atoms with van der Waals surface area (Å²) in [5.74, 6) is 1.70. The number of nitrogens with zero attached hydrogens (tertiary/aromatic N) is 6. The first-order chi connectivity index (χ1) is 28.7. The lowest BCUT2D eigenvalue weighted by Gasteiger charge is -2.12. The van der Waals surface area contributed by atoms with E-state index in [9.17, 15) is 5.26 Å². The zero-order chi connectivity index (χ0) is 38.6. The van der Waals surface area contributed by atoms with Crippen molar-refractivity contribution in [3.63, 3.8) is 0 Å². The van der Waals surface area contributed by atoms with Gasteiger partial charge in [-0.3, -0.25) is 0 Å². The lowest BCUT2D eigenvalue weighted by Crippen LogP contribution is -2.01. The van der Waals surface area contributed by atoms with Crippen LogP contribution in [0.25, 0.3) is 100 Å². The third-order valence-corrected chi connectivity index (χ3v) is 11.0. The average molecular weight is 741 g/mol. The monoisotopic (exact) mass is 740 g/mol.